The minimum absolute atomic E-state index is 0.0955. The third-order valence-electron chi connectivity index (χ3n) is 3.51. The maximum atomic E-state index is 12.1. The van der Waals surface area contributed by atoms with E-state index in [9.17, 15) is 4.79 Å². The lowest BCUT2D eigenvalue weighted by Gasteiger charge is -2.32. The number of aryl methyl sites for hydroxylation is 1. The van der Waals surface area contributed by atoms with Gasteiger partial charge in [-0.2, -0.15) is 9.61 Å². The second-order valence-corrected chi connectivity index (χ2v) is 6.06. The first-order chi connectivity index (χ1) is 9.67. The molecule has 2 aromatic heterocycles. The summed E-state index contributed by atoms with van der Waals surface area (Å²) >= 11 is 1.49. The summed E-state index contributed by atoms with van der Waals surface area (Å²) in [7, 11) is 0. The van der Waals surface area contributed by atoms with Crippen LogP contribution < -0.4 is 5.56 Å². The molecule has 0 saturated carbocycles. The second kappa shape index (κ2) is 5.59. The Morgan fingerprint density at radius 3 is 3.15 bits per heavy atom. The number of aromatic nitrogens is 3. The third kappa shape index (κ3) is 2.61. The number of morpholine rings is 1. The van der Waals surface area contributed by atoms with Crippen LogP contribution in [0.2, 0.25) is 0 Å². The Morgan fingerprint density at radius 1 is 1.55 bits per heavy atom. The largest absolute Gasteiger partial charge is 0.379 e. The van der Waals surface area contributed by atoms with Crippen LogP contribution in [0.4, 0.5) is 0 Å². The Bertz CT molecular complexity index is 666. The van der Waals surface area contributed by atoms with Gasteiger partial charge in [0, 0.05) is 25.2 Å². The van der Waals surface area contributed by atoms with Gasteiger partial charge in [-0.1, -0.05) is 18.3 Å². The molecule has 3 rings (SSSR count). The molecule has 7 heteroatoms. The number of rotatable bonds is 3. The van der Waals surface area contributed by atoms with Gasteiger partial charge < -0.3 is 4.74 Å². The molecule has 20 heavy (non-hydrogen) atoms. The van der Waals surface area contributed by atoms with E-state index in [0.717, 1.165) is 36.9 Å². The summed E-state index contributed by atoms with van der Waals surface area (Å²) in [6.07, 6.45) is 0.823. The van der Waals surface area contributed by atoms with Crippen molar-refractivity contribution in [2.75, 3.05) is 19.8 Å². The molecule has 0 radical (unpaired) electrons. The summed E-state index contributed by atoms with van der Waals surface area (Å²) in [4.78, 5) is 19.6. The van der Waals surface area contributed by atoms with Crippen molar-refractivity contribution < 1.29 is 4.74 Å². The third-order valence-corrected chi connectivity index (χ3v) is 4.57. The van der Waals surface area contributed by atoms with Gasteiger partial charge in [-0.15, -0.1) is 0 Å². The van der Waals surface area contributed by atoms with Crippen molar-refractivity contribution >= 4 is 16.3 Å². The molecule has 0 aromatic carbocycles. The van der Waals surface area contributed by atoms with Crippen LogP contribution in [0.3, 0.4) is 0 Å². The van der Waals surface area contributed by atoms with Crippen LogP contribution in [-0.4, -0.2) is 45.3 Å². The maximum absolute atomic E-state index is 12.1. The van der Waals surface area contributed by atoms with Crippen molar-refractivity contribution in [2.45, 2.75) is 32.9 Å². The van der Waals surface area contributed by atoms with Crippen molar-refractivity contribution in [3.8, 4) is 0 Å². The van der Waals surface area contributed by atoms with E-state index < -0.39 is 0 Å². The average molecular weight is 294 g/mol. The summed E-state index contributed by atoms with van der Waals surface area (Å²) in [6.45, 7) is 7.21. The van der Waals surface area contributed by atoms with Gasteiger partial charge in [0.1, 0.15) is 5.01 Å². The van der Waals surface area contributed by atoms with Crippen LogP contribution in [0.15, 0.2) is 10.9 Å². The zero-order chi connectivity index (χ0) is 14.1. The van der Waals surface area contributed by atoms with Crippen molar-refractivity contribution in [1.82, 2.24) is 19.5 Å². The number of fused-ring (bicyclic) bond motifs is 1. The predicted octanol–water partition coefficient (Wildman–Crippen LogP) is 0.934. The van der Waals surface area contributed by atoms with E-state index in [0.29, 0.717) is 17.5 Å². The fraction of sp³-hybridized carbons (Fsp3) is 0.615. The Morgan fingerprint density at radius 2 is 2.40 bits per heavy atom. The highest BCUT2D eigenvalue weighted by Gasteiger charge is 2.20. The van der Waals surface area contributed by atoms with Crippen molar-refractivity contribution in [1.29, 1.82) is 0 Å². The number of hydrogen-bond acceptors (Lipinski definition) is 6. The molecule has 0 bridgehead atoms. The smallest absolute Gasteiger partial charge is 0.275 e. The first-order valence-corrected chi connectivity index (χ1v) is 7.69. The molecular formula is C13H18N4O2S. The quantitative estimate of drug-likeness (QED) is 0.843. The molecule has 1 aliphatic rings. The highest BCUT2D eigenvalue weighted by molar-refractivity contribution is 7.16. The van der Waals surface area contributed by atoms with Crippen LogP contribution in [0, 0.1) is 0 Å². The van der Waals surface area contributed by atoms with Gasteiger partial charge in [-0.05, 0) is 13.3 Å². The lowest BCUT2D eigenvalue weighted by Crippen LogP contribution is -2.43. The summed E-state index contributed by atoms with van der Waals surface area (Å²) < 4.78 is 6.82. The second-order valence-electron chi connectivity index (χ2n) is 5.02. The zero-order valence-electron chi connectivity index (χ0n) is 11.7. The summed E-state index contributed by atoms with van der Waals surface area (Å²) in [5.41, 5.74) is 0.719. The van der Waals surface area contributed by atoms with E-state index in [1.165, 1.54) is 15.9 Å². The normalized spacial score (nSPS) is 20.6. The number of ether oxygens (including phenoxy) is 1. The van der Waals surface area contributed by atoms with Crippen molar-refractivity contribution in [3.63, 3.8) is 0 Å². The van der Waals surface area contributed by atoms with Crippen LogP contribution in [0.1, 0.15) is 24.5 Å². The lowest BCUT2D eigenvalue weighted by molar-refractivity contribution is -0.00489. The molecule has 1 aliphatic heterocycles. The summed E-state index contributed by atoms with van der Waals surface area (Å²) in [6, 6.07) is 1.95. The highest BCUT2D eigenvalue weighted by Crippen LogP contribution is 2.14. The van der Waals surface area contributed by atoms with E-state index >= 15 is 0 Å². The molecule has 108 valence electrons. The van der Waals surface area contributed by atoms with Gasteiger partial charge in [0.25, 0.3) is 5.56 Å². The summed E-state index contributed by atoms with van der Waals surface area (Å²) in [5, 5.41) is 5.20. The zero-order valence-corrected chi connectivity index (χ0v) is 12.5. The average Bonchev–Trinajstić information content (AvgIpc) is 2.85. The predicted molar refractivity (Wildman–Crippen MR) is 77.2 cm³/mol. The van der Waals surface area contributed by atoms with Gasteiger partial charge in [0.05, 0.1) is 18.9 Å². The molecule has 1 atom stereocenters. The molecule has 1 fully saturated rings. The Hall–Kier alpha value is -1.31. The number of hydrogen-bond donors (Lipinski definition) is 0. The van der Waals surface area contributed by atoms with E-state index in [4.69, 9.17) is 4.74 Å². The summed E-state index contributed by atoms with van der Waals surface area (Å²) in [5.74, 6) is 0. The van der Waals surface area contributed by atoms with E-state index in [1.807, 2.05) is 6.92 Å². The van der Waals surface area contributed by atoms with E-state index in [2.05, 4.69) is 21.9 Å². The Labute approximate surface area is 121 Å². The van der Waals surface area contributed by atoms with Gasteiger partial charge in [-0.3, -0.25) is 9.69 Å². The molecule has 1 unspecified atom stereocenters. The van der Waals surface area contributed by atoms with Gasteiger partial charge >= 0.3 is 0 Å². The van der Waals surface area contributed by atoms with Gasteiger partial charge in [0.2, 0.25) is 4.96 Å². The lowest BCUT2D eigenvalue weighted by atomic mass is 10.2. The minimum atomic E-state index is -0.0955. The molecular weight excluding hydrogens is 276 g/mol. The molecule has 0 N–H and O–H groups in total. The Balaban J connectivity index is 1.90. The topological polar surface area (TPSA) is 59.7 Å². The van der Waals surface area contributed by atoms with Crippen LogP contribution >= 0.6 is 11.3 Å². The standard InChI is InChI=1S/C13H18N4O2S/c1-3-11-15-17-12(18)6-10(14-13(17)20-11)7-16-4-5-19-8-9(16)2/h6,9H,3-5,7-8H2,1-2H3. The first kappa shape index (κ1) is 13.7. The van der Waals surface area contributed by atoms with Crippen molar-refractivity contribution in [2.24, 2.45) is 0 Å². The minimum Gasteiger partial charge on any atom is -0.379 e. The van der Waals surface area contributed by atoms with Crippen LogP contribution in [0.25, 0.3) is 4.96 Å². The molecule has 0 amide bonds. The molecule has 0 spiro atoms. The monoisotopic (exact) mass is 294 g/mol. The van der Waals surface area contributed by atoms with Crippen LogP contribution in [0.5, 0.6) is 0 Å². The van der Waals surface area contributed by atoms with Gasteiger partial charge in [-0.25, -0.2) is 4.98 Å². The number of nitrogens with zero attached hydrogens (tertiary/aromatic N) is 4. The highest BCUT2D eigenvalue weighted by atomic mass is 32.1. The van der Waals surface area contributed by atoms with E-state index in [1.54, 1.807) is 6.07 Å². The van der Waals surface area contributed by atoms with Crippen molar-refractivity contribution in [3.05, 3.63) is 27.1 Å². The van der Waals surface area contributed by atoms with Gasteiger partial charge in [0.15, 0.2) is 0 Å². The van der Waals surface area contributed by atoms with Crippen LogP contribution in [-0.2, 0) is 17.7 Å². The maximum Gasteiger partial charge on any atom is 0.275 e. The molecule has 3 heterocycles. The molecule has 1 saturated heterocycles. The first-order valence-electron chi connectivity index (χ1n) is 6.88. The molecule has 2 aromatic rings. The fourth-order valence-corrected chi connectivity index (χ4v) is 3.18. The SMILES string of the molecule is CCc1nn2c(=O)cc(CN3CCOCC3C)nc2s1. The molecule has 0 aliphatic carbocycles. The fourth-order valence-electron chi connectivity index (χ4n) is 2.32. The molecule has 6 nitrogen and oxygen atoms in total. The Kier molecular flexibility index (Phi) is 3.82. The van der Waals surface area contributed by atoms with E-state index in [-0.39, 0.29) is 5.56 Å².